The Bertz CT molecular complexity index is 161. The highest BCUT2D eigenvalue weighted by Gasteiger charge is 2.31. The van der Waals surface area contributed by atoms with Crippen molar-refractivity contribution in [3.63, 3.8) is 0 Å². The van der Waals surface area contributed by atoms with Crippen LogP contribution in [0, 0.1) is 0 Å². The first-order valence-electron chi connectivity index (χ1n) is 5.80. The zero-order valence-corrected chi connectivity index (χ0v) is 8.71. The lowest BCUT2D eigenvalue weighted by Gasteiger charge is -2.41. The molecule has 0 aromatic heterocycles. The second kappa shape index (κ2) is 3.97. The summed E-state index contributed by atoms with van der Waals surface area (Å²) in [6, 6.07) is 1.91. The van der Waals surface area contributed by atoms with Crippen molar-refractivity contribution in [3.8, 4) is 0 Å². The number of hydrogen-bond acceptors (Lipinski definition) is 2. The molecule has 1 aliphatic heterocycles. The summed E-state index contributed by atoms with van der Waals surface area (Å²) >= 11 is 0. The number of nitrogens with zero attached hydrogens (tertiary/aromatic N) is 1. The number of hydrogen-bond donors (Lipinski definition) is 1. The predicted molar refractivity (Wildman–Crippen MR) is 55.6 cm³/mol. The molecule has 76 valence electrons. The van der Waals surface area contributed by atoms with Crippen molar-refractivity contribution in [2.24, 2.45) is 5.73 Å². The predicted octanol–water partition coefficient (Wildman–Crippen LogP) is 1.74. The van der Waals surface area contributed by atoms with Crippen LogP contribution in [0.5, 0.6) is 0 Å². The van der Waals surface area contributed by atoms with E-state index >= 15 is 0 Å². The van der Waals surface area contributed by atoms with E-state index in [1.807, 2.05) is 0 Å². The second-order valence-electron chi connectivity index (χ2n) is 4.72. The first-order valence-corrected chi connectivity index (χ1v) is 5.80. The van der Waals surface area contributed by atoms with Gasteiger partial charge in [-0.25, -0.2) is 0 Å². The third kappa shape index (κ3) is 1.89. The summed E-state index contributed by atoms with van der Waals surface area (Å²) in [6.45, 7) is 3.60. The summed E-state index contributed by atoms with van der Waals surface area (Å²) in [7, 11) is 0. The van der Waals surface area contributed by atoms with Crippen LogP contribution in [0.15, 0.2) is 0 Å². The number of rotatable bonds is 1. The molecular weight excluding hydrogens is 160 g/mol. The normalized spacial score (nSPS) is 38.3. The Morgan fingerprint density at radius 3 is 2.46 bits per heavy atom. The Morgan fingerprint density at radius 1 is 1.08 bits per heavy atom. The third-order valence-electron chi connectivity index (χ3n) is 3.89. The van der Waals surface area contributed by atoms with Gasteiger partial charge in [-0.05, 0) is 39.2 Å². The van der Waals surface area contributed by atoms with Crippen LogP contribution < -0.4 is 5.73 Å². The molecule has 0 spiro atoms. The van der Waals surface area contributed by atoms with Gasteiger partial charge in [0.05, 0.1) is 0 Å². The van der Waals surface area contributed by atoms with Crippen LogP contribution in [0.1, 0.15) is 45.4 Å². The van der Waals surface area contributed by atoms with E-state index in [1.165, 1.54) is 45.1 Å². The molecule has 0 amide bonds. The van der Waals surface area contributed by atoms with Crippen LogP contribution in [0.3, 0.4) is 0 Å². The van der Waals surface area contributed by atoms with Gasteiger partial charge in [0.15, 0.2) is 0 Å². The van der Waals surface area contributed by atoms with Gasteiger partial charge < -0.3 is 5.73 Å². The molecule has 2 fully saturated rings. The lowest BCUT2D eigenvalue weighted by molar-refractivity contribution is 0.0924. The fourth-order valence-electron chi connectivity index (χ4n) is 2.95. The maximum absolute atomic E-state index is 6.09. The summed E-state index contributed by atoms with van der Waals surface area (Å²) < 4.78 is 0. The van der Waals surface area contributed by atoms with Gasteiger partial charge >= 0.3 is 0 Å². The van der Waals surface area contributed by atoms with Crippen molar-refractivity contribution in [1.29, 1.82) is 0 Å². The van der Waals surface area contributed by atoms with E-state index < -0.39 is 0 Å². The SMILES string of the molecule is C[C@@H]1[C@H](N)CCCN1C1CCCC1. The van der Waals surface area contributed by atoms with Crippen LogP contribution in [0.25, 0.3) is 0 Å². The van der Waals surface area contributed by atoms with Crippen LogP contribution in [0.4, 0.5) is 0 Å². The molecule has 13 heavy (non-hydrogen) atoms. The highest BCUT2D eigenvalue weighted by atomic mass is 15.2. The minimum Gasteiger partial charge on any atom is -0.326 e. The molecule has 0 aromatic carbocycles. The quantitative estimate of drug-likeness (QED) is 0.669. The van der Waals surface area contributed by atoms with Crippen LogP contribution in [-0.2, 0) is 0 Å². The smallest absolute Gasteiger partial charge is 0.0221 e. The van der Waals surface area contributed by atoms with Crippen LogP contribution in [-0.4, -0.2) is 29.6 Å². The van der Waals surface area contributed by atoms with Gasteiger partial charge in [0, 0.05) is 18.1 Å². The number of piperidine rings is 1. The van der Waals surface area contributed by atoms with E-state index in [1.54, 1.807) is 0 Å². The first-order chi connectivity index (χ1) is 6.29. The molecule has 2 atom stereocenters. The molecule has 2 rings (SSSR count). The lowest BCUT2D eigenvalue weighted by Crippen LogP contribution is -2.53. The van der Waals surface area contributed by atoms with Gasteiger partial charge in [-0.2, -0.15) is 0 Å². The van der Waals surface area contributed by atoms with E-state index in [4.69, 9.17) is 5.73 Å². The Hall–Kier alpha value is -0.0800. The monoisotopic (exact) mass is 182 g/mol. The molecule has 1 aliphatic carbocycles. The Labute approximate surface area is 81.5 Å². The summed E-state index contributed by atoms with van der Waals surface area (Å²) in [5.74, 6) is 0. The van der Waals surface area contributed by atoms with Crippen LogP contribution in [0.2, 0.25) is 0 Å². The molecule has 2 N–H and O–H groups in total. The molecule has 0 radical (unpaired) electrons. The average Bonchev–Trinajstić information content (AvgIpc) is 2.62. The maximum atomic E-state index is 6.09. The van der Waals surface area contributed by atoms with E-state index in [2.05, 4.69) is 11.8 Å². The van der Waals surface area contributed by atoms with E-state index in [-0.39, 0.29) is 0 Å². The first kappa shape index (κ1) is 9.47. The topological polar surface area (TPSA) is 29.3 Å². The maximum Gasteiger partial charge on any atom is 0.0221 e. The van der Waals surface area contributed by atoms with Crippen molar-refractivity contribution in [3.05, 3.63) is 0 Å². The zero-order valence-electron chi connectivity index (χ0n) is 8.71. The Balaban J connectivity index is 1.95. The number of nitrogens with two attached hydrogens (primary N) is 1. The van der Waals surface area contributed by atoms with Gasteiger partial charge in [0.2, 0.25) is 0 Å². The molecule has 1 saturated carbocycles. The molecule has 2 aliphatic rings. The molecule has 1 saturated heterocycles. The highest BCUT2D eigenvalue weighted by Crippen LogP contribution is 2.28. The van der Waals surface area contributed by atoms with Gasteiger partial charge in [0.1, 0.15) is 0 Å². The molecule has 2 heteroatoms. The number of likely N-dealkylation sites (tertiary alicyclic amines) is 1. The fraction of sp³-hybridized carbons (Fsp3) is 1.00. The largest absolute Gasteiger partial charge is 0.326 e. The van der Waals surface area contributed by atoms with Gasteiger partial charge in [-0.3, -0.25) is 4.90 Å². The van der Waals surface area contributed by atoms with E-state index in [0.29, 0.717) is 12.1 Å². The molecule has 0 unspecified atom stereocenters. The summed E-state index contributed by atoms with van der Waals surface area (Å²) in [5.41, 5.74) is 6.09. The van der Waals surface area contributed by atoms with Crippen molar-refractivity contribution in [1.82, 2.24) is 4.90 Å². The Morgan fingerprint density at radius 2 is 1.77 bits per heavy atom. The van der Waals surface area contributed by atoms with Gasteiger partial charge in [-0.1, -0.05) is 12.8 Å². The molecular formula is C11H22N2. The summed E-state index contributed by atoms with van der Waals surface area (Å²) in [6.07, 6.45) is 8.23. The lowest BCUT2D eigenvalue weighted by atomic mass is 9.96. The second-order valence-corrected chi connectivity index (χ2v) is 4.72. The van der Waals surface area contributed by atoms with Crippen molar-refractivity contribution in [2.75, 3.05) is 6.54 Å². The van der Waals surface area contributed by atoms with Crippen molar-refractivity contribution < 1.29 is 0 Å². The summed E-state index contributed by atoms with van der Waals surface area (Å²) in [4.78, 5) is 2.67. The van der Waals surface area contributed by atoms with Crippen molar-refractivity contribution in [2.45, 2.75) is 63.6 Å². The Kier molecular flexibility index (Phi) is 2.89. The van der Waals surface area contributed by atoms with Gasteiger partial charge in [0.25, 0.3) is 0 Å². The third-order valence-corrected chi connectivity index (χ3v) is 3.89. The average molecular weight is 182 g/mol. The fourth-order valence-corrected chi connectivity index (χ4v) is 2.95. The zero-order chi connectivity index (χ0) is 9.26. The van der Waals surface area contributed by atoms with Crippen LogP contribution >= 0.6 is 0 Å². The molecule has 0 bridgehead atoms. The van der Waals surface area contributed by atoms with E-state index in [0.717, 1.165) is 6.04 Å². The molecule has 2 nitrogen and oxygen atoms in total. The van der Waals surface area contributed by atoms with Crippen molar-refractivity contribution >= 4 is 0 Å². The van der Waals surface area contributed by atoms with Gasteiger partial charge in [-0.15, -0.1) is 0 Å². The minimum atomic E-state index is 0.425. The standard InChI is InChI=1S/C11H22N2/c1-9-11(12)7-4-8-13(9)10-5-2-3-6-10/h9-11H,2-8,12H2,1H3/t9-,11-/m1/s1. The summed E-state index contributed by atoms with van der Waals surface area (Å²) in [5, 5.41) is 0. The minimum absolute atomic E-state index is 0.425. The molecule has 0 aromatic rings. The molecule has 1 heterocycles. The highest BCUT2D eigenvalue weighted by molar-refractivity contribution is 4.89. The van der Waals surface area contributed by atoms with E-state index in [9.17, 15) is 0 Å².